The molecule has 0 amide bonds. The van der Waals surface area contributed by atoms with Crippen molar-refractivity contribution in [3.05, 3.63) is 35.1 Å². The highest BCUT2D eigenvalue weighted by Gasteiger charge is 2.35. The van der Waals surface area contributed by atoms with Crippen LogP contribution in [0.25, 0.3) is 0 Å². The molecule has 0 spiro atoms. The van der Waals surface area contributed by atoms with E-state index < -0.39 is 0 Å². The van der Waals surface area contributed by atoms with Gasteiger partial charge in [-0.05, 0) is 29.7 Å². The number of methoxy groups -OCH3 is 1. The second-order valence-corrected chi connectivity index (χ2v) is 3.70. The van der Waals surface area contributed by atoms with E-state index in [0.717, 1.165) is 11.1 Å². The molecule has 0 saturated heterocycles. The van der Waals surface area contributed by atoms with Crippen molar-refractivity contribution in [1.29, 1.82) is 0 Å². The summed E-state index contributed by atoms with van der Waals surface area (Å²) in [5, 5.41) is 0. The van der Waals surface area contributed by atoms with Crippen molar-refractivity contribution in [2.24, 2.45) is 11.7 Å². The van der Waals surface area contributed by atoms with Crippen LogP contribution >= 0.6 is 0 Å². The first-order valence-corrected chi connectivity index (χ1v) is 4.75. The Morgan fingerprint density at radius 2 is 2.33 bits per heavy atom. The van der Waals surface area contributed by atoms with Crippen molar-refractivity contribution in [2.45, 2.75) is 12.5 Å². The van der Waals surface area contributed by atoms with Crippen LogP contribution in [0, 0.1) is 11.7 Å². The van der Waals surface area contributed by atoms with E-state index in [4.69, 9.17) is 5.73 Å². The summed E-state index contributed by atoms with van der Waals surface area (Å²) in [5.74, 6) is -1.02. The standard InChI is InChI=1S/C11H12FNO2/c1-15-11(14)9-5-6-4-7(12)2-3-8(6)10(9)13/h2-4,9-10H,5,13H2,1H3/t9-,10-/m1/s1. The van der Waals surface area contributed by atoms with Crippen molar-refractivity contribution < 1.29 is 13.9 Å². The number of nitrogens with two attached hydrogens (primary N) is 1. The van der Waals surface area contributed by atoms with Gasteiger partial charge in [0.05, 0.1) is 13.0 Å². The van der Waals surface area contributed by atoms with E-state index >= 15 is 0 Å². The highest BCUT2D eigenvalue weighted by Crippen LogP contribution is 2.35. The summed E-state index contributed by atoms with van der Waals surface area (Å²) in [6.07, 6.45) is 0.459. The second-order valence-electron chi connectivity index (χ2n) is 3.70. The summed E-state index contributed by atoms with van der Waals surface area (Å²) in [4.78, 5) is 11.4. The summed E-state index contributed by atoms with van der Waals surface area (Å²) in [6.45, 7) is 0. The molecule has 1 aromatic rings. The lowest BCUT2D eigenvalue weighted by atomic mass is 10.0. The monoisotopic (exact) mass is 209 g/mol. The molecule has 0 radical (unpaired) electrons. The number of hydrogen-bond donors (Lipinski definition) is 1. The molecular weight excluding hydrogens is 197 g/mol. The fourth-order valence-electron chi connectivity index (χ4n) is 2.04. The van der Waals surface area contributed by atoms with Gasteiger partial charge >= 0.3 is 5.97 Å². The minimum absolute atomic E-state index is 0.300. The molecule has 15 heavy (non-hydrogen) atoms. The van der Waals surface area contributed by atoms with Gasteiger partial charge in [-0.2, -0.15) is 0 Å². The molecule has 4 heteroatoms. The molecule has 0 saturated carbocycles. The third-order valence-corrected chi connectivity index (χ3v) is 2.84. The summed E-state index contributed by atoms with van der Waals surface area (Å²) in [5.41, 5.74) is 7.54. The fraction of sp³-hybridized carbons (Fsp3) is 0.364. The Hall–Kier alpha value is -1.42. The highest BCUT2D eigenvalue weighted by molar-refractivity contribution is 5.75. The Balaban J connectivity index is 2.32. The fourth-order valence-corrected chi connectivity index (χ4v) is 2.04. The average molecular weight is 209 g/mol. The van der Waals surface area contributed by atoms with Gasteiger partial charge in [-0.25, -0.2) is 4.39 Å². The Bertz CT molecular complexity index is 406. The van der Waals surface area contributed by atoms with E-state index in [0.29, 0.717) is 6.42 Å². The quantitative estimate of drug-likeness (QED) is 0.706. The molecule has 2 N–H and O–H groups in total. The molecule has 2 rings (SSSR count). The van der Waals surface area contributed by atoms with E-state index in [2.05, 4.69) is 4.74 Å². The third kappa shape index (κ3) is 1.61. The van der Waals surface area contributed by atoms with Gasteiger partial charge in [0.15, 0.2) is 0 Å². The summed E-state index contributed by atoms with van der Waals surface area (Å²) < 4.78 is 17.6. The molecule has 3 nitrogen and oxygen atoms in total. The Labute approximate surface area is 87.0 Å². The van der Waals surface area contributed by atoms with Crippen LogP contribution in [0.5, 0.6) is 0 Å². The zero-order chi connectivity index (χ0) is 11.0. The maximum Gasteiger partial charge on any atom is 0.310 e. The maximum atomic E-state index is 12.9. The number of fused-ring (bicyclic) bond motifs is 1. The van der Waals surface area contributed by atoms with E-state index in [1.54, 1.807) is 6.07 Å². The normalized spacial score (nSPS) is 23.7. The predicted molar refractivity (Wildman–Crippen MR) is 52.5 cm³/mol. The molecule has 0 aromatic heterocycles. The molecule has 80 valence electrons. The Morgan fingerprint density at radius 1 is 1.60 bits per heavy atom. The number of benzene rings is 1. The molecule has 0 bridgehead atoms. The molecule has 2 atom stereocenters. The van der Waals surface area contributed by atoms with Crippen LogP contribution in [-0.4, -0.2) is 13.1 Å². The Kier molecular flexibility index (Phi) is 2.44. The van der Waals surface area contributed by atoms with Crippen LogP contribution in [-0.2, 0) is 16.0 Å². The van der Waals surface area contributed by atoms with E-state index in [-0.39, 0.29) is 23.7 Å². The first-order chi connectivity index (χ1) is 7.13. The van der Waals surface area contributed by atoms with Gasteiger partial charge in [-0.3, -0.25) is 4.79 Å². The SMILES string of the molecule is COC(=O)[C@@H]1Cc2cc(F)ccc2[C@H]1N. The van der Waals surface area contributed by atoms with Crippen LogP contribution in [0.1, 0.15) is 17.2 Å². The zero-order valence-electron chi connectivity index (χ0n) is 8.37. The number of halogens is 1. The van der Waals surface area contributed by atoms with Crippen molar-refractivity contribution in [3.8, 4) is 0 Å². The number of rotatable bonds is 1. The molecule has 1 aliphatic rings. The summed E-state index contributed by atoms with van der Waals surface area (Å²) >= 11 is 0. The van der Waals surface area contributed by atoms with Crippen molar-refractivity contribution >= 4 is 5.97 Å². The number of esters is 1. The van der Waals surface area contributed by atoms with Crippen molar-refractivity contribution in [3.63, 3.8) is 0 Å². The van der Waals surface area contributed by atoms with Crippen LogP contribution in [0.2, 0.25) is 0 Å². The smallest absolute Gasteiger partial charge is 0.310 e. The van der Waals surface area contributed by atoms with Crippen LogP contribution in [0.4, 0.5) is 4.39 Å². The molecule has 0 aliphatic heterocycles. The first kappa shape index (κ1) is 10.1. The largest absolute Gasteiger partial charge is 0.469 e. The minimum atomic E-state index is -0.383. The number of carbonyl (C=O) groups excluding carboxylic acids is 1. The Morgan fingerprint density at radius 3 is 3.00 bits per heavy atom. The van der Waals surface area contributed by atoms with Gasteiger partial charge in [-0.1, -0.05) is 6.07 Å². The van der Waals surface area contributed by atoms with Crippen LogP contribution in [0.3, 0.4) is 0 Å². The maximum absolute atomic E-state index is 12.9. The molecule has 0 heterocycles. The lowest BCUT2D eigenvalue weighted by Crippen LogP contribution is -2.25. The van der Waals surface area contributed by atoms with E-state index in [1.165, 1.54) is 19.2 Å². The topological polar surface area (TPSA) is 52.3 Å². The van der Waals surface area contributed by atoms with Gasteiger partial charge in [0.25, 0.3) is 0 Å². The lowest BCUT2D eigenvalue weighted by Gasteiger charge is -2.12. The molecular formula is C11H12FNO2. The molecule has 1 aromatic carbocycles. The van der Waals surface area contributed by atoms with Crippen LogP contribution < -0.4 is 5.73 Å². The zero-order valence-corrected chi connectivity index (χ0v) is 8.37. The summed E-state index contributed by atoms with van der Waals surface area (Å²) in [6, 6.07) is 4.04. The number of hydrogen-bond acceptors (Lipinski definition) is 3. The van der Waals surface area contributed by atoms with Crippen LogP contribution in [0.15, 0.2) is 18.2 Å². The van der Waals surface area contributed by atoms with E-state index in [9.17, 15) is 9.18 Å². The summed E-state index contributed by atoms with van der Waals surface area (Å²) in [7, 11) is 1.33. The van der Waals surface area contributed by atoms with E-state index in [1.807, 2.05) is 0 Å². The number of ether oxygens (including phenoxy) is 1. The first-order valence-electron chi connectivity index (χ1n) is 4.75. The van der Waals surface area contributed by atoms with Gasteiger partial charge in [0.2, 0.25) is 0 Å². The molecule has 0 fully saturated rings. The van der Waals surface area contributed by atoms with Crippen molar-refractivity contribution in [2.75, 3.05) is 7.11 Å². The third-order valence-electron chi connectivity index (χ3n) is 2.84. The van der Waals surface area contributed by atoms with Gasteiger partial charge in [0.1, 0.15) is 5.82 Å². The molecule has 0 unspecified atom stereocenters. The van der Waals surface area contributed by atoms with Gasteiger partial charge < -0.3 is 10.5 Å². The minimum Gasteiger partial charge on any atom is -0.469 e. The highest BCUT2D eigenvalue weighted by atomic mass is 19.1. The lowest BCUT2D eigenvalue weighted by molar-refractivity contribution is -0.145. The molecule has 1 aliphatic carbocycles. The van der Waals surface area contributed by atoms with Gasteiger partial charge in [-0.15, -0.1) is 0 Å². The predicted octanol–water partition coefficient (Wildman–Crippen LogP) is 1.17. The second kappa shape index (κ2) is 3.62. The van der Waals surface area contributed by atoms with Crippen molar-refractivity contribution in [1.82, 2.24) is 0 Å². The average Bonchev–Trinajstić information content (AvgIpc) is 2.54. The number of carbonyl (C=O) groups is 1. The van der Waals surface area contributed by atoms with Gasteiger partial charge in [0, 0.05) is 6.04 Å².